The van der Waals surface area contributed by atoms with Gasteiger partial charge >= 0.3 is 0 Å². The van der Waals surface area contributed by atoms with Crippen molar-refractivity contribution in [2.45, 2.75) is 65.6 Å². The molecule has 0 aliphatic carbocycles. The van der Waals surface area contributed by atoms with Crippen molar-refractivity contribution in [2.75, 3.05) is 23.7 Å². The third-order valence-corrected chi connectivity index (χ3v) is 7.47. The Kier molecular flexibility index (Phi) is 11.7. The minimum atomic E-state index is -3.57. The Balaban J connectivity index is 2.15. The second kappa shape index (κ2) is 14.2. The first kappa shape index (κ1) is 30.4. The number of benzene rings is 2. The number of carbonyl (C=O) groups is 2. The van der Waals surface area contributed by atoms with E-state index in [2.05, 4.69) is 5.32 Å². The number of ether oxygens (including phenoxy) is 1. The lowest BCUT2D eigenvalue weighted by molar-refractivity contribution is -0.140. The topological polar surface area (TPSA) is 96.0 Å². The maximum absolute atomic E-state index is 13.3. The molecular weight excluding hydrogens is 514 g/mol. The van der Waals surface area contributed by atoms with Crippen molar-refractivity contribution in [1.82, 2.24) is 10.2 Å². The number of anilines is 1. The molecule has 0 aliphatic rings. The summed E-state index contributed by atoms with van der Waals surface area (Å²) in [6.07, 6.45) is 2.28. The number of carbonyl (C=O) groups excluding carboxylic acids is 2. The van der Waals surface area contributed by atoms with Crippen LogP contribution in [0.15, 0.2) is 48.5 Å². The largest absolute Gasteiger partial charge is 0.494 e. The number of amides is 2. The van der Waals surface area contributed by atoms with Crippen LogP contribution in [0.4, 0.5) is 5.69 Å². The number of hydrogen-bond donors (Lipinski definition) is 1. The highest BCUT2D eigenvalue weighted by molar-refractivity contribution is 7.92. The molecule has 0 aromatic heterocycles. The van der Waals surface area contributed by atoms with Crippen molar-refractivity contribution < 1.29 is 22.7 Å². The van der Waals surface area contributed by atoms with E-state index in [-0.39, 0.29) is 43.8 Å². The average Bonchev–Trinajstić information content (AvgIpc) is 2.85. The molecule has 0 aliphatic heterocycles. The molecule has 1 N–H and O–H groups in total. The third kappa shape index (κ3) is 9.55. The molecule has 8 nitrogen and oxygen atoms in total. The van der Waals surface area contributed by atoms with Crippen LogP contribution in [0.5, 0.6) is 5.75 Å². The van der Waals surface area contributed by atoms with Crippen LogP contribution in [0.1, 0.15) is 52.5 Å². The molecule has 2 rings (SSSR count). The number of sulfonamides is 1. The van der Waals surface area contributed by atoms with E-state index in [9.17, 15) is 18.0 Å². The van der Waals surface area contributed by atoms with Gasteiger partial charge in [-0.25, -0.2) is 8.42 Å². The van der Waals surface area contributed by atoms with E-state index in [1.54, 1.807) is 43.3 Å². The molecule has 204 valence electrons. The fraction of sp³-hybridized carbons (Fsp3) is 0.481. The molecule has 0 bridgehead atoms. The quantitative estimate of drug-likeness (QED) is 0.370. The Morgan fingerprint density at radius 2 is 1.65 bits per heavy atom. The van der Waals surface area contributed by atoms with Crippen molar-refractivity contribution in [3.05, 3.63) is 59.1 Å². The summed E-state index contributed by atoms with van der Waals surface area (Å²) in [7, 11) is -3.57. The van der Waals surface area contributed by atoms with Crippen LogP contribution in [0.2, 0.25) is 5.02 Å². The lowest BCUT2D eigenvalue weighted by atomic mass is 10.1. The fourth-order valence-corrected chi connectivity index (χ4v) is 4.81. The number of rotatable bonds is 14. The molecule has 0 saturated heterocycles. The smallest absolute Gasteiger partial charge is 0.242 e. The zero-order valence-corrected chi connectivity index (χ0v) is 23.8. The maximum atomic E-state index is 13.3. The van der Waals surface area contributed by atoms with Crippen LogP contribution in [0, 0.1) is 0 Å². The van der Waals surface area contributed by atoms with Crippen molar-refractivity contribution in [2.24, 2.45) is 0 Å². The summed E-state index contributed by atoms with van der Waals surface area (Å²) in [5.74, 6) is 0.183. The fourth-order valence-electron chi connectivity index (χ4n) is 3.71. The van der Waals surface area contributed by atoms with Crippen LogP contribution in [0.25, 0.3) is 0 Å². The molecule has 2 aromatic rings. The summed E-state index contributed by atoms with van der Waals surface area (Å²) in [5, 5.41) is 3.52. The van der Waals surface area contributed by atoms with Crippen LogP contribution in [0.3, 0.4) is 0 Å². The molecule has 0 radical (unpaired) electrons. The third-order valence-electron chi connectivity index (χ3n) is 6.02. The van der Waals surface area contributed by atoms with E-state index >= 15 is 0 Å². The zero-order valence-electron chi connectivity index (χ0n) is 22.2. The van der Waals surface area contributed by atoms with Gasteiger partial charge in [0.25, 0.3) is 0 Å². The van der Waals surface area contributed by atoms with Gasteiger partial charge in [-0.3, -0.25) is 13.9 Å². The molecule has 0 unspecified atom stereocenters. The zero-order chi connectivity index (χ0) is 27.6. The van der Waals surface area contributed by atoms with Gasteiger partial charge in [-0.2, -0.15) is 0 Å². The summed E-state index contributed by atoms with van der Waals surface area (Å²) < 4.78 is 31.7. The standard InChI is InChI=1S/C27H38ClN3O5S/c1-6-20(3)29-27(33)21(4)30(19-22-10-12-23(28)13-11-22)26(32)9-8-18-31(37(5,34)35)24-14-16-25(17-15-24)36-7-2/h10-17,20-21H,6-9,18-19H2,1-5H3,(H,29,33)/t20-,21-/m1/s1. The van der Waals surface area contributed by atoms with E-state index < -0.39 is 16.1 Å². The number of nitrogens with one attached hydrogen (secondary N) is 1. The normalized spacial score (nSPS) is 12.9. The van der Waals surface area contributed by atoms with E-state index in [1.165, 1.54) is 9.21 Å². The molecule has 0 saturated carbocycles. The second-order valence-electron chi connectivity index (χ2n) is 9.01. The van der Waals surface area contributed by atoms with Gasteiger partial charge in [0.2, 0.25) is 21.8 Å². The van der Waals surface area contributed by atoms with Gasteiger partial charge in [-0.05, 0) is 75.6 Å². The monoisotopic (exact) mass is 551 g/mol. The molecule has 2 atom stereocenters. The second-order valence-corrected chi connectivity index (χ2v) is 11.4. The summed E-state index contributed by atoms with van der Waals surface area (Å²) >= 11 is 6.00. The Labute approximate surface area is 226 Å². The maximum Gasteiger partial charge on any atom is 0.242 e. The van der Waals surface area contributed by atoms with Gasteiger partial charge in [-0.1, -0.05) is 30.7 Å². The highest BCUT2D eigenvalue weighted by Gasteiger charge is 2.27. The van der Waals surface area contributed by atoms with Crippen molar-refractivity contribution >= 4 is 39.1 Å². The predicted octanol–water partition coefficient (Wildman–Crippen LogP) is 4.62. The molecule has 0 fully saturated rings. The molecule has 2 amide bonds. The Morgan fingerprint density at radius 1 is 1.03 bits per heavy atom. The van der Waals surface area contributed by atoms with Crippen LogP contribution in [-0.2, 0) is 26.2 Å². The van der Waals surface area contributed by atoms with Gasteiger partial charge in [0, 0.05) is 30.6 Å². The van der Waals surface area contributed by atoms with Crippen molar-refractivity contribution in [3.63, 3.8) is 0 Å². The van der Waals surface area contributed by atoms with Gasteiger partial charge < -0.3 is 15.0 Å². The van der Waals surface area contributed by atoms with Gasteiger partial charge in [0.1, 0.15) is 11.8 Å². The molecule has 0 spiro atoms. The number of halogens is 1. The summed E-state index contributed by atoms with van der Waals surface area (Å²) in [6, 6.07) is 13.2. The summed E-state index contributed by atoms with van der Waals surface area (Å²) in [6.45, 7) is 8.34. The molecular formula is C27H38ClN3O5S. The van der Waals surface area contributed by atoms with E-state index in [1.807, 2.05) is 32.9 Å². The first-order valence-electron chi connectivity index (χ1n) is 12.5. The molecule has 37 heavy (non-hydrogen) atoms. The number of hydrogen-bond acceptors (Lipinski definition) is 5. The van der Waals surface area contributed by atoms with E-state index in [0.29, 0.717) is 23.1 Å². The highest BCUT2D eigenvalue weighted by Crippen LogP contribution is 2.23. The van der Waals surface area contributed by atoms with Crippen LogP contribution >= 0.6 is 11.6 Å². The lowest BCUT2D eigenvalue weighted by Crippen LogP contribution is -2.49. The summed E-state index contributed by atoms with van der Waals surface area (Å²) in [4.78, 5) is 27.7. The molecule has 0 heterocycles. The first-order chi connectivity index (χ1) is 17.5. The Bertz CT molecular complexity index is 1120. The summed E-state index contributed by atoms with van der Waals surface area (Å²) in [5.41, 5.74) is 1.34. The number of nitrogens with zero attached hydrogens (tertiary/aromatic N) is 2. The van der Waals surface area contributed by atoms with Crippen LogP contribution in [-0.4, -0.2) is 56.6 Å². The average molecular weight is 552 g/mol. The minimum absolute atomic E-state index is 0.0140. The van der Waals surface area contributed by atoms with Crippen molar-refractivity contribution in [3.8, 4) is 5.75 Å². The van der Waals surface area contributed by atoms with Crippen LogP contribution < -0.4 is 14.4 Å². The first-order valence-corrected chi connectivity index (χ1v) is 14.7. The van der Waals surface area contributed by atoms with Gasteiger partial charge in [0.15, 0.2) is 0 Å². The Hall–Kier alpha value is -2.78. The minimum Gasteiger partial charge on any atom is -0.494 e. The van der Waals surface area contributed by atoms with E-state index in [4.69, 9.17) is 16.3 Å². The van der Waals surface area contributed by atoms with Gasteiger partial charge in [-0.15, -0.1) is 0 Å². The van der Waals surface area contributed by atoms with Gasteiger partial charge in [0.05, 0.1) is 18.6 Å². The SMILES string of the molecule is CCOc1ccc(N(CCCC(=O)N(Cc2ccc(Cl)cc2)[C@H](C)C(=O)N[C@H](C)CC)S(C)(=O)=O)cc1. The molecule has 10 heteroatoms. The predicted molar refractivity (Wildman–Crippen MR) is 148 cm³/mol. The van der Waals surface area contributed by atoms with E-state index in [0.717, 1.165) is 18.2 Å². The van der Waals surface area contributed by atoms with Crippen molar-refractivity contribution in [1.29, 1.82) is 0 Å². The molecule has 2 aromatic carbocycles. The Morgan fingerprint density at radius 3 is 2.19 bits per heavy atom. The highest BCUT2D eigenvalue weighted by atomic mass is 35.5. The lowest BCUT2D eigenvalue weighted by Gasteiger charge is -2.30.